The number of rotatable bonds is 2. The first-order valence-corrected chi connectivity index (χ1v) is 11.5. The van der Waals surface area contributed by atoms with Gasteiger partial charge in [0.2, 0.25) is 0 Å². The summed E-state index contributed by atoms with van der Waals surface area (Å²) in [6.07, 6.45) is 0. The molecule has 0 aliphatic heterocycles. The van der Waals surface area contributed by atoms with E-state index < -0.39 is 0 Å². The van der Waals surface area contributed by atoms with Crippen LogP contribution in [0.5, 0.6) is 0 Å². The molecule has 158 valence electrons. The van der Waals surface area contributed by atoms with Crippen molar-refractivity contribution < 1.29 is 4.42 Å². The molecule has 0 atom stereocenters. The second-order valence-corrected chi connectivity index (χ2v) is 9.42. The maximum absolute atomic E-state index is 6.70. The lowest BCUT2D eigenvalue weighted by Crippen LogP contribution is -2.14. The van der Waals surface area contributed by atoms with E-state index in [9.17, 15) is 0 Å². The summed E-state index contributed by atoms with van der Waals surface area (Å²) in [7, 11) is 0. The minimum atomic E-state index is -0.159. The number of benzene rings is 4. The van der Waals surface area contributed by atoms with Crippen LogP contribution in [0.1, 0.15) is 25.2 Å². The van der Waals surface area contributed by atoms with E-state index in [1.165, 1.54) is 33.3 Å². The average Bonchev–Trinajstić information content (AvgIpc) is 3.46. The van der Waals surface area contributed by atoms with Gasteiger partial charge in [-0.25, -0.2) is 0 Å². The molecule has 33 heavy (non-hydrogen) atoms. The molecule has 2 aromatic heterocycles. The lowest BCUT2D eigenvalue weighted by atomic mass is 9.86. The fourth-order valence-corrected chi connectivity index (χ4v) is 5.56. The second-order valence-electron chi connectivity index (χ2n) is 9.42. The van der Waals surface area contributed by atoms with Gasteiger partial charge in [-0.3, -0.25) is 0 Å². The van der Waals surface area contributed by atoms with Crippen molar-refractivity contribution in [1.82, 2.24) is 4.57 Å². The third-order valence-electron chi connectivity index (χ3n) is 7.17. The van der Waals surface area contributed by atoms with Gasteiger partial charge in [0.25, 0.3) is 0 Å². The van der Waals surface area contributed by atoms with Crippen molar-refractivity contribution in [1.29, 1.82) is 0 Å². The maximum atomic E-state index is 6.70. The Balaban J connectivity index is 1.54. The Bertz CT molecular complexity index is 1660. The molecule has 0 fully saturated rings. The fourth-order valence-electron chi connectivity index (χ4n) is 5.56. The summed E-state index contributed by atoms with van der Waals surface area (Å²) in [5.41, 5.74) is 10.6. The van der Waals surface area contributed by atoms with Gasteiger partial charge in [-0.15, -0.1) is 0 Å². The van der Waals surface area contributed by atoms with Crippen LogP contribution in [0.3, 0.4) is 0 Å². The summed E-state index contributed by atoms with van der Waals surface area (Å²) in [6.45, 7) is 4.53. The molecule has 1 aliphatic rings. The zero-order chi connectivity index (χ0) is 22.2. The van der Waals surface area contributed by atoms with E-state index in [0.717, 1.165) is 27.9 Å². The molecule has 0 saturated heterocycles. The van der Waals surface area contributed by atoms with Gasteiger partial charge in [-0.1, -0.05) is 78.9 Å². The Hall–Kier alpha value is -4.04. The highest BCUT2D eigenvalue weighted by Gasteiger charge is 2.42. The van der Waals surface area contributed by atoms with Gasteiger partial charge in [-0.2, -0.15) is 0 Å². The zero-order valence-electron chi connectivity index (χ0n) is 18.7. The van der Waals surface area contributed by atoms with Crippen molar-refractivity contribution in [3.63, 3.8) is 0 Å². The molecule has 0 amide bonds. The molecule has 0 unspecified atom stereocenters. The normalized spacial score (nSPS) is 14.0. The summed E-state index contributed by atoms with van der Waals surface area (Å²) in [5.74, 6) is 1.06. The van der Waals surface area contributed by atoms with Gasteiger partial charge in [0.15, 0.2) is 5.58 Å². The largest absolute Gasteiger partial charge is 0.457 e. The van der Waals surface area contributed by atoms with Gasteiger partial charge >= 0.3 is 0 Å². The van der Waals surface area contributed by atoms with Gasteiger partial charge in [0.05, 0.1) is 5.52 Å². The number of fused-ring (bicyclic) bond motifs is 7. The number of nitrogens with zero attached hydrogens (tertiary/aromatic N) is 1. The van der Waals surface area contributed by atoms with Crippen LogP contribution in [0.4, 0.5) is 0 Å². The predicted octanol–water partition coefficient (Wildman–Crippen LogP) is 8.35. The average molecular weight is 426 g/mol. The van der Waals surface area contributed by atoms with Crippen molar-refractivity contribution in [2.45, 2.75) is 19.3 Å². The first kappa shape index (κ1) is 18.5. The third kappa shape index (κ3) is 2.44. The Morgan fingerprint density at radius 2 is 1.33 bits per heavy atom. The number of hydrogen-bond donors (Lipinski definition) is 0. The number of hydrogen-bond acceptors (Lipinski definition) is 1. The first-order valence-electron chi connectivity index (χ1n) is 11.5. The van der Waals surface area contributed by atoms with E-state index in [-0.39, 0.29) is 5.41 Å². The van der Waals surface area contributed by atoms with Crippen molar-refractivity contribution in [3.8, 4) is 27.9 Å². The molecule has 0 bridgehead atoms. The SMILES string of the molecule is CC1(C)c2ccccc2-c2c1oc1c3ccccc3n(-c3ccc(-c4ccccc4)cc3)c21. The van der Waals surface area contributed by atoms with E-state index in [0.29, 0.717) is 0 Å². The zero-order valence-corrected chi connectivity index (χ0v) is 18.7. The Morgan fingerprint density at radius 1 is 0.667 bits per heavy atom. The number of furan rings is 1. The summed E-state index contributed by atoms with van der Waals surface area (Å²) in [5, 5.41) is 1.15. The lowest BCUT2D eigenvalue weighted by molar-refractivity contribution is 0.466. The molecule has 4 aromatic carbocycles. The molecule has 0 N–H and O–H groups in total. The van der Waals surface area contributed by atoms with Crippen LogP contribution in [0, 0.1) is 0 Å². The van der Waals surface area contributed by atoms with Gasteiger partial charge in [-0.05, 0) is 60.4 Å². The number of para-hydroxylation sites is 1. The monoisotopic (exact) mass is 425 g/mol. The van der Waals surface area contributed by atoms with Crippen LogP contribution < -0.4 is 0 Å². The quantitative estimate of drug-likeness (QED) is 0.273. The van der Waals surface area contributed by atoms with Gasteiger partial charge in [0.1, 0.15) is 11.3 Å². The highest BCUT2D eigenvalue weighted by Crippen LogP contribution is 2.54. The lowest BCUT2D eigenvalue weighted by Gasteiger charge is -2.18. The molecule has 0 saturated carbocycles. The highest BCUT2D eigenvalue weighted by atomic mass is 16.3. The highest BCUT2D eigenvalue weighted by molar-refractivity contribution is 6.13. The summed E-state index contributed by atoms with van der Waals surface area (Å²) in [6, 6.07) is 36.7. The van der Waals surface area contributed by atoms with Crippen LogP contribution in [-0.4, -0.2) is 4.57 Å². The van der Waals surface area contributed by atoms with Crippen molar-refractivity contribution >= 4 is 22.0 Å². The van der Waals surface area contributed by atoms with Crippen LogP contribution in [0.15, 0.2) is 108 Å². The van der Waals surface area contributed by atoms with E-state index in [4.69, 9.17) is 4.42 Å². The Morgan fingerprint density at radius 3 is 2.15 bits per heavy atom. The molecule has 2 nitrogen and oxygen atoms in total. The fraction of sp³-hybridized carbons (Fsp3) is 0.0968. The maximum Gasteiger partial charge on any atom is 0.161 e. The molecular formula is C31H23NO. The van der Waals surface area contributed by atoms with E-state index in [1.54, 1.807) is 0 Å². The van der Waals surface area contributed by atoms with Crippen LogP contribution in [0.2, 0.25) is 0 Å². The molecule has 2 heteroatoms. The van der Waals surface area contributed by atoms with Crippen molar-refractivity contribution in [3.05, 3.63) is 114 Å². The molecule has 0 spiro atoms. The summed E-state index contributed by atoms with van der Waals surface area (Å²) >= 11 is 0. The molecule has 1 aliphatic carbocycles. The van der Waals surface area contributed by atoms with E-state index >= 15 is 0 Å². The second kappa shape index (κ2) is 6.49. The van der Waals surface area contributed by atoms with Gasteiger partial charge in [0, 0.05) is 22.1 Å². The van der Waals surface area contributed by atoms with Crippen molar-refractivity contribution in [2.24, 2.45) is 0 Å². The summed E-state index contributed by atoms with van der Waals surface area (Å²) < 4.78 is 9.07. The molecule has 7 rings (SSSR count). The predicted molar refractivity (Wildman–Crippen MR) is 136 cm³/mol. The minimum Gasteiger partial charge on any atom is -0.457 e. The van der Waals surface area contributed by atoms with Crippen molar-refractivity contribution in [2.75, 3.05) is 0 Å². The standard InChI is InChI=1S/C31H23NO/c1-31(2)25-14-8-6-12-23(25)27-28-29(33-30(27)31)24-13-7-9-15-26(24)32(28)22-18-16-21(17-19-22)20-10-4-3-5-11-20/h3-19H,1-2H3. The molecule has 2 heterocycles. The topological polar surface area (TPSA) is 18.1 Å². The van der Waals surface area contributed by atoms with Crippen LogP contribution in [0.25, 0.3) is 49.9 Å². The molecular weight excluding hydrogens is 402 g/mol. The van der Waals surface area contributed by atoms with E-state index in [1.807, 2.05) is 0 Å². The van der Waals surface area contributed by atoms with Gasteiger partial charge < -0.3 is 8.98 Å². The Kier molecular flexibility index (Phi) is 3.64. The Labute approximate surface area is 192 Å². The number of aromatic nitrogens is 1. The van der Waals surface area contributed by atoms with E-state index in [2.05, 4.69) is 122 Å². The smallest absolute Gasteiger partial charge is 0.161 e. The summed E-state index contributed by atoms with van der Waals surface area (Å²) in [4.78, 5) is 0. The van der Waals surface area contributed by atoms with Crippen LogP contribution in [-0.2, 0) is 5.41 Å². The molecule has 0 radical (unpaired) electrons. The third-order valence-corrected chi connectivity index (χ3v) is 7.17. The molecule has 6 aromatic rings. The first-order chi connectivity index (χ1) is 16.1. The minimum absolute atomic E-state index is 0.159. The van der Waals surface area contributed by atoms with Crippen LogP contribution >= 0.6 is 0 Å².